The summed E-state index contributed by atoms with van der Waals surface area (Å²) in [5.74, 6) is 0.810. The zero-order valence-electron chi connectivity index (χ0n) is 12.0. The monoisotopic (exact) mass is 311 g/mol. The van der Waals surface area contributed by atoms with Crippen LogP contribution in [0.1, 0.15) is 17.0 Å². The van der Waals surface area contributed by atoms with Crippen molar-refractivity contribution in [3.8, 4) is 5.75 Å². The van der Waals surface area contributed by atoms with E-state index in [1.54, 1.807) is 32.0 Å². The molecular formula is C13H17N3O4S. The lowest BCUT2D eigenvalue weighted by molar-refractivity contribution is 0.390. The van der Waals surface area contributed by atoms with Crippen LogP contribution in [-0.2, 0) is 16.6 Å². The number of nitrogens with one attached hydrogen (secondary N) is 1. The van der Waals surface area contributed by atoms with Crippen molar-refractivity contribution in [1.29, 1.82) is 0 Å². The van der Waals surface area contributed by atoms with E-state index < -0.39 is 10.0 Å². The van der Waals surface area contributed by atoms with E-state index in [0.717, 1.165) is 0 Å². The molecule has 0 radical (unpaired) electrons. The molecule has 0 spiro atoms. The van der Waals surface area contributed by atoms with Gasteiger partial charge >= 0.3 is 0 Å². The summed E-state index contributed by atoms with van der Waals surface area (Å²) in [5.41, 5.74) is 7.20. The van der Waals surface area contributed by atoms with Crippen LogP contribution in [0.5, 0.6) is 5.75 Å². The van der Waals surface area contributed by atoms with Gasteiger partial charge in [0.1, 0.15) is 16.3 Å². The van der Waals surface area contributed by atoms with Crippen molar-refractivity contribution < 1.29 is 17.7 Å². The Kier molecular flexibility index (Phi) is 4.19. The van der Waals surface area contributed by atoms with Gasteiger partial charge in [-0.2, -0.15) is 0 Å². The van der Waals surface area contributed by atoms with Crippen LogP contribution in [0.2, 0.25) is 0 Å². The molecule has 2 rings (SSSR count). The van der Waals surface area contributed by atoms with Gasteiger partial charge in [-0.25, -0.2) is 13.1 Å². The van der Waals surface area contributed by atoms with Gasteiger partial charge < -0.3 is 15.0 Å². The van der Waals surface area contributed by atoms with Crippen molar-refractivity contribution in [3.63, 3.8) is 0 Å². The minimum absolute atomic E-state index is 0.0562. The minimum Gasteiger partial charge on any atom is -0.496 e. The number of aromatic nitrogens is 1. The first-order valence-corrected chi connectivity index (χ1v) is 7.68. The second-order valence-corrected chi connectivity index (χ2v) is 6.25. The van der Waals surface area contributed by atoms with Crippen LogP contribution in [0.15, 0.2) is 27.6 Å². The molecule has 0 fully saturated rings. The zero-order valence-corrected chi connectivity index (χ0v) is 12.8. The Bertz CT molecular complexity index is 733. The Morgan fingerprint density at radius 1 is 1.38 bits per heavy atom. The molecule has 3 N–H and O–H groups in total. The van der Waals surface area contributed by atoms with E-state index >= 15 is 0 Å². The smallest absolute Gasteiger partial charge is 0.246 e. The Morgan fingerprint density at radius 3 is 2.67 bits per heavy atom. The number of nitrogens with zero attached hydrogens (tertiary/aromatic N) is 1. The molecule has 114 valence electrons. The number of nitrogen functional groups attached to an aromatic ring is 1. The molecule has 0 saturated heterocycles. The molecule has 0 atom stereocenters. The van der Waals surface area contributed by atoms with Crippen LogP contribution in [0.3, 0.4) is 0 Å². The first-order valence-electron chi connectivity index (χ1n) is 6.20. The van der Waals surface area contributed by atoms with Crippen LogP contribution in [0.4, 0.5) is 5.69 Å². The zero-order chi connectivity index (χ0) is 15.6. The quantitative estimate of drug-likeness (QED) is 0.807. The van der Waals surface area contributed by atoms with E-state index in [-0.39, 0.29) is 17.2 Å². The molecular weight excluding hydrogens is 294 g/mol. The third-order valence-corrected chi connectivity index (χ3v) is 4.64. The highest BCUT2D eigenvalue weighted by atomic mass is 32.2. The topological polar surface area (TPSA) is 107 Å². The average Bonchev–Trinajstić information content (AvgIpc) is 2.77. The van der Waals surface area contributed by atoms with E-state index in [2.05, 4.69) is 9.88 Å². The lowest BCUT2D eigenvalue weighted by Crippen LogP contribution is -2.24. The number of anilines is 1. The molecule has 0 amide bonds. The Labute approximate surface area is 123 Å². The predicted molar refractivity (Wildman–Crippen MR) is 77.4 cm³/mol. The number of ether oxygens (including phenoxy) is 1. The van der Waals surface area contributed by atoms with Crippen LogP contribution in [-0.4, -0.2) is 20.7 Å². The number of nitrogens with two attached hydrogens (primary N) is 1. The third kappa shape index (κ3) is 3.17. The third-order valence-electron chi connectivity index (χ3n) is 2.99. The SMILES string of the molecule is COc1ccc(N)cc1CNS(=O)(=O)c1c(C)noc1C. The molecule has 7 nitrogen and oxygen atoms in total. The number of hydrogen-bond donors (Lipinski definition) is 2. The molecule has 0 aliphatic heterocycles. The maximum absolute atomic E-state index is 12.3. The first-order chi connectivity index (χ1) is 9.85. The molecule has 0 unspecified atom stereocenters. The van der Waals surface area contributed by atoms with Crippen LogP contribution < -0.4 is 15.2 Å². The highest BCUT2D eigenvalue weighted by molar-refractivity contribution is 7.89. The van der Waals surface area contributed by atoms with Gasteiger partial charge in [0.15, 0.2) is 5.76 Å². The van der Waals surface area contributed by atoms with Crippen molar-refractivity contribution >= 4 is 15.7 Å². The van der Waals surface area contributed by atoms with E-state index in [1.165, 1.54) is 7.11 Å². The predicted octanol–water partition coefficient (Wildman–Crippen LogP) is 1.36. The van der Waals surface area contributed by atoms with Crippen molar-refractivity contribution in [1.82, 2.24) is 9.88 Å². The summed E-state index contributed by atoms with van der Waals surface area (Å²) in [4.78, 5) is 0.0605. The van der Waals surface area contributed by atoms with Crippen molar-refractivity contribution in [2.75, 3.05) is 12.8 Å². The van der Waals surface area contributed by atoms with Gasteiger partial charge in [-0.3, -0.25) is 0 Å². The van der Waals surface area contributed by atoms with Gasteiger partial charge in [0.25, 0.3) is 0 Å². The van der Waals surface area contributed by atoms with Crippen molar-refractivity contribution in [3.05, 3.63) is 35.2 Å². The second-order valence-electron chi connectivity index (χ2n) is 4.55. The number of methoxy groups -OCH3 is 1. The molecule has 0 bridgehead atoms. The second kappa shape index (κ2) is 5.74. The largest absolute Gasteiger partial charge is 0.496 e. The average molecular weight is 311 g/mol. The van der Waals surface area contributed by atoms with E-state index in [4.69, 9.17) is 15.0 Å². The molecule has 1 aromatic heterocycles. The Balaban J connectivity index is 2.26. The van der Waals surface area contributed by atoms with Gasteiger partial charge in [-0.15, -0.1) is 0 Å². The Morgan fingerprint density at radius 2 is 2.10 bits per heavy atom. The highest BCUT2D eigenvalue weighted by Crippen LogP contribution is 2.23. The minimum atomic E-state index is -3.72. The number of benzene rings is 1. The first kappa shape index (κ1) is 15.3. The lowest BCUT2D eigenvalue weighted by Gasteiger charge is -2.11. The van der Waals surface area contributed by atoms with Crippen LogP contribution in [0, 0.1) is 13.8 Å². The molecule has 0 saturated carbocycles. The summed E-state index contributed by atoms with van der Waals surface area (Å²) < 4.78 is 37.2. The normalized spacial score (nSPS) is 11.6. The molecule has 1 aromatic carbocycles. The number of sulfonamides is 1. The number of aryl methyl sites for hydroxylation is 2. The maximum Gasteiger partial charge on any atom is 0.246 e. The van der Waals surface area contributed by atoms with Gasteiger partial charge in [0.05, 0.1) is 7.11 Å². The van der Waals surface area contributed by atoms with E-state index in [9.17, 15) is 8.42 Å². The van der Waals surface area contributed by atoms with Crippen molar-refractivity contribution in [2.45, 2.75) is 25.3 Å². The molecule has 0 aliphatic rings. The number of hydrogen-bond acceptors (Lipinski definition) is 6. The fourth-order valence-corrected chi connectivity index (χ4v) is 3.37. The summed E-state index contributed by atoms with van der Waals surface area (Å²) in [6, 6.07) is 5.04. The standard InChI is InChI=1S/C13H17N3O4S/c1-8-13(9(2)20-16-8)21(17,18)15-7-10-6-11(14)4-5-12(10)19-3/h4-6,15H,7,14H2,1-3H3. The molecule has 0 aliphatic carbocycles. The number of rotatable bonds is 5. The fraction of sp³-hybridized carbons (Fsp3) is 0.308. The highest BCUT2D eigenvalue weighted by Gasteiger charge is 2.24. The van der Waals surface area contributed by atoms with Crippen molar-refractivity contribution in [2.24, 2.45) is 0 Å². The summed E-state index contributed by atoms with van der Waals surface area (Å²) >= 11 is 0. The summed E-state index contributed by atoms with van der Waals surface area (Å²) in [7, 11) is -2.21. The van der Waals surface area contributed by atoms with Gasteiger partial charge in [0.2, 0.25) is 10.0 Å². The molecule has 21 heavy (non-hydrogen) atoms. The van der Waals surface area contributed by atoms with Crippen LogP contribution >= 0.6 is 0 Å². The maximum atomic E-state index is 12.3. The Hall–Kier alpha value is -2.06. The summed E-state index contributed by atoms with van der Waals surface area (Å²) in [5, 5.41) is 3.65. The van der Waals surface area contributed by atoms with Gasteiger partial charge in [0, 0.05) is 17.8 Å². The lowest BCUT2D eigenvalue weighted by atomic mass is 10.2. The summed E-state index contributed by atoms with van der Waals surface area (Å²) in [6.07, 6.45) is 0. The molecule has 8 heteroatoms. The van der Waals surface area contributed by atoms with Gasteiger partial charge in [-0.1, -0.05) is 5.16 Å². The summed E-state index contributed by atoms with van der Waals surface area (Å²) in [6.45, 7) is 3.18. The van der Waals surface area contributed by atoms with Gasteiger partial charge in [-0.05, 0) is 32.0 Å². The fourth-order valence-electron chi connectivity index (χ4n) is 2.04. The molecule has 1 heterocycles. The molecule has 2 aromatic rings. The van der Waals surface area contributed by atoms with E-state index in [1.807, 2.05) is 0 Å². The van der Waals surface area contributed by atoms with E-state index in [0.29, 0.717) is 22.7 Å². The van der Waals surface area contributed by atoms with Crippen LogP contribution in [0.25, 0.3) is 0 Å².